The molecule has 7 heteroatoms. The van der Waals surface area contributed by atoms with Crippen molar-refractivity contribution in [2.75, 3.05) is 38.7 Å². The fraction of sp³-hybridized carbons (Fsp3) is 0.542. The fourth-order valence-corrected chi connectivity index (χ4v) is 5.06. The summed E-state index contributed by atoms with van der Waals surface area (Å²) in [4.78, 5) is 25.1. The van der Waals surface area contributed by atoms with E-state index in [0.29, 0.717) is 45.0 Å². The molecule has 2 aromatic rings. The van der Waals surface area contributed by atoms with Gasteiger partial charge in [0.05, 0.1) is 11.1 Å². The number of anilines is 1. The molecule has 2 fully saturated rings. The van der Waals surface area contributed by atoms with Gasteiger partial charge in [0, 0.05) is 44.8 Å². The molecule has 6 nitrogen and oxygen atoms in total. The maximum absolute atomic E-state index is 14.1. The molecule has 31 heavy (non-hydrogen) atoms. The molecule has 2 aliphatic rings. The number of aryl methyl sites for hydroxylation is 1. The predicted octanol–water partition coefficient (Wildman–Crippen LogP) is 3.59. The molecule has 0 aliphatic carbocycles. The van der Waals surface area contributed by atoms with Crippen LogP contribution in [-0.2, 0) is 20.4 Å². The summed E-state index contributed by atoms with van der Waals surface area (Å²) in [6.45, 7) is 6.36. The van der Waals surface area contributed by atoms with E-state index in [1.807, 2.05) is 31.0 Å². The minimum atomic E-state index is -0.740. The van der Waals surface area contributed by atoms with Gasteiger partial charge in [-0.25, -0.2) is 14.4 Å². The number of benzene rings is 1. The number of carbonyl (C=O) groups excluding carboxylic acids is 1. The average Bonchev–Trinajstić information content (AvgIpc) is 2.78. The minimum Gasteiger partial charge on any atom is -0.381 e. The third-order valence-electron chi connectivity index (χ3n) is 6.83. The standard InChI is InChI=1S/C24H31FN4O2/c1-17-27-20(15-21(26-3)28-17)23(2)8-5-11-29(16-23)22(30)24(9-12-31-13-10-24)18-6-4-7-19(25)14-18/h4,6-7,14-15H,5,8-13,16H2,1-3H3,(H,26,27,28). The highest BCUT2D eigenvalue weighted by Crippen LogP contribution is 2.40. The van der Waals surface area contributed by atoms with Crippen LogP contribution in [0.5, 0.6) is 0 Å². The third-order valence-corrected chi connectivity index (χ3v) is 6.83. The monoisotopic (exact) mass is 426 g/mol. The van der Waals surface area contributed by atoms with E-state index in [1.165, 1.54) is 12.1 Å². The third kappa shape index (κ3) is 4.15. The van der Waals surface area contributed by atoms with E-state index in [0.717, 1.165) is 29.9 Å². The van der Waals surface area contributed by atoms with Crippen molar-refractivity contribution in [3.05, 3.63) is 53.2 Å². The van der Waals surface area contributed by atoms with Crippen molar-refractivity contribution in [2.24, 2.45) is 0 Å². The van der Waals surface area contributed by atoms with E-state index < -0.39 is 5.41 Å². The number of nitrogens with one attached hydrogen (secondary N) is 1. The number of rotatable bonds is 4. The fourth-order valence-electron chi connectivity index (χ4n) is 5.06. The zero-order chi connectivity index (χ0) is 22.1. The van der Waals surface area contributed by atoms with Crippen LogP contribution in [0.25, 0.3) is 0 Å². The van der Waals surface area contributed by atoms with Crippen LogP contribution < -0.4 is 5.32 Å². The second kappa shape index (κ2) is 8.54. The first-order valence-electron chi connectivity index (χ1n) is 11.0. The molecular formula is C24H31FN4O2. The lowest BCUT2D eigenvalue weighted by atomic mass is 9.71. The second-order valence-electron chi connectivity index (χ2n) is 9.03. The van der Waals surface area contributed by atoms with Gasteiger partial charge in [0.1, 0.15) is 17.5 Å². The van der Waals surface area contributed by atoms with Crippen LogP contribution in [0.4, 0.5) is 10.2 Å². The first kappa shape index (κ1) is 21.7. The van der Waals surface area contributed by atoms with Crippen LogP contribution >= 0.6 is 0 Å². The van der Waals surface area contributed by atoms with E-state index >= 15 is 0 Å². The Morgan fingerprint density at radius 3 is 2.68 bits per heavy atom. The van der Waals surface area contributed by atoms with Gasteiger partial charge >= 0.3 is 0 Å². The van der Waals surface area contributed by atoms with Gasteiger partial charge in [-0.05, 0) is 50.3 Å². The van der Waals surface area contributed by atoms with Crippen molar-refractivity contribution in [3.8, 4) is 0 Å². The van der Waals surface area contributed by atoms with Gasteiger partial charge < -0.3 is 15.0 Å². The summed E-state index contributed by atoms with van der Waals surface area (Å²) in [6.07, 6.45) is 2.99. The van der Waals surface area contributed by atoms with Gasteiger partial charge in [0.15, 0.2) is 0 Å². The van der Waals surface area contributed by atoms with E-state index in [-0.39, 0.29) is 17.1 Å². The van der Waals surface area contributed by atoms with Crippen molar-refractivity contribution in [1.82, 2.24) is 14.9 Å². The molecule has 2 aliphatic heterocycles. The molecule has 0 radical (unpaired) electrons. The highest BCUT2D eigenvalue weighted by molar-refractivity contribution is 5.88. The molecule has 1 amide bonds. The molecule has 1 unspecified atom stereocenters. The first-order chi connectivity index (χ1) is 14.9. The van der Waals surface area contributed by atoms with Crippen LogP contribution in [0.3, 0.4) is 0 Å². The number of likely N-dealkylation sites (tertiary alicyclic amines) is 1. The van der Waals surface area contributed by atoms with Crippen LogP contribution in [0.1, 0.15) is 49.7 Å². The van der Waals surface area contributed by atoms with Crippen molar-refractivity contribution >= 4 is 11.7 Å². The van der Waals surface area contributed by atoms with E-state index in [9.17, 15) is 9.18 Å². The maximum Gasteiger partial charge on any atom is 0.233 e. The SMILES string of the molecule is CNc1cc(C2(C)CCCN(C(=O)C3(c4cccc(F)c4)CCOCC3)C2)nc(C)n1. The zero-order valence-electron chi connectivity index (χ0n) is 18.6. The lowest BCUT2D eigenvalue weighted by Gasteiger charge is -2.45. The number of carbonyl (C=O) groups is 1. The highest BCUT2D eigenvalue weighted by atomic mass is 19.1. The summed E-state index contributed by atoms with van der Waals surface area (Å²) in [7, 11) is 1.85. The van der Waals surface area contributed by atoms with Crippen LogP contribution in [0.15, 0.2) is 30.3 Å². The number of nitrogens with zero attached hydrogens (tertiary/aromatic N) is 3. The van der Waals surface area contributed by atoms with Gasteiger partial charge in [-0.2, -0.15) is 0 Å². The van der Waals surface area contributed by atoms with E-state index in [4.69, 9.17) is 9.72 Å². The number of piperidine rings is 1. The summed E-state index contributed by atoms with van der Waals surface area (Å²) < 4.78 is 19.6. The smallest absolute Gasteiger partial charge is 0.233 e. The zero-order valence-corrected chi connectivity index (χ0v) is 18.6. The van der Waals surface area contributed by atoms with Crippen LogP contribution in [0.2, 0.25) is 0 Å². The number of halogens is 1. The Kier molecular flexibility index (Phi) is 5.97. The Hall–Kier alpha value is -2.54. The number of hydrogen-bond acceptors (Lipinski definition) is 5. The minimum absolute atomic E-state index is 0.0759. The predicted molar refractivity (Wildman–Crippen MR) is 118 cm³/mol. The first-order valence-corrected chi connectivity index (χ1v) is 11.0. The van der Waals surface area contributed by atoms with Gasteiger partial charge in [-0.1, -0.05) is 19.1 Å². The Labute approximate surface area is 183 Å². The number of ether oxygens (including phenoxy) is 1. The molecule has 0 bridgehead atoms. The summed E-state index contributed by atoms with van der Waals surface area (Å²) >= 11 is 0. The lowest BCUT2D eigenvalue weighted by Crippen LogP contribution is -2.55. The Bertz CT molecular complexity index is 960. The normalized spacial score (nSPS) is 23.4. The van der Waals surface area contributed by atoms with E-state index in [2.05, 4.69) is 17.2 Å². The number of aromatic nitrogens is 2. The summed E-state index contributed by atoms with van der Waals surface area (Å²) in [6, 6.07) is 8.49. The summed E-state index contributed by atoms with van der Waals surface area (Å²) in [5.41, 5.74) is 0.703. The van der Waals surface area contributed by atoms with Gasteiger partial charge in [-0.3, -0.25) is 4.79 Å². The van der Waals surface area contributed by atoms with E-state index in [1.54, 1.807) is 6.07 Å². The molecule has 2 saturated heterocycles. The maximum atomic E-state index is 14.1. The molecule has 166 valence electrons. The Morgan fingerprint density at radius 2 is 1.97 bits per heavy atom. The van der Waals surface area contributed by atoms with Crippen molar-refractivity contribution < 1.29 is 13.9 Å². The molecule has 1 aromatic carbocycles. The lowest BCUT2D eigenvalue weighted by molar-refractivity contribution is -0.143. The largest absolute Gasteiger partial charge is 0.381 e. The quantitative estimate of drug-likeness (QED) is 0.809. The number of amides is 1. The topological polar surface area (TPSA) is 67.4 Å². The second-order valence-corrected chi connectivity index (χ2v) is 9.03. The van der Waals surface area contributed by atoms with Crippen LogP contribution in [-0.4, -0.2) is 54.1 Å². The Balaban J connectivity index is 1.66. The van der Waals surface area contributed by atoms with Crippen LogP contribution in [0, 0.1) is 12.7 Å². The molecule has 1 N–H and O–H groups in total. The molecule has 4 rings (SSSR count). The van der Waals surface area contributed by atoms with Crippen molar-refractivity contribution in [3.63, 3.8) is 0 Å². The van der Waals surface area contributed by atoms with Gasteiger partial charge in [-0.15, -0.1) is 0 Å². The van der Waals surface area contributed by atoms with Gasteiger partial charge in [0.2, 0.25) is 5.91 Å². The average molecular weight is 427 g/mol. The molecule has 0 spiro atoms. The van der Waals surface area contributed by atoms with Crippen molar-refractivity contribution in [1.29, 1.82) is 0 Å². The summed E-state index contributed by atoms with van der Waals surface area (Å²) in [5, 5.41) is 3.10. The molecule has 0 saturated carbocycles. The molecule has 1 aromatic heterocycles. The highest BCUT2D eigenvalue weighted by Gasteiger charge is 2.47. The summed E-state index contributed by atoms with van der Waals surface area (Å²) in [5.74, 6) is 1.27. The molecular weight excluding hydrogens is 395 g/mol. The van der Waals surface area contributed by atoms with Crippen molar-refractivity contribution in [2.45, 2.75) is 50.4 Å². The van der Waals surface area contributed by atoms with Gasteiger partial charge in [0.25, 0.3) is 0 Å². The molecule has 1 atom stereocenters. The Morgan fingerprint density at radius 1 is 1.19 bits per heavy atom. The molecule has 3 heterocycles. The number of hydrogen-bond donors (Lipinski definition) is 1.